The molecule has 27 heavy (non-hydrogen) atoms. The third-order valence-electron chi connectivity index (χ3n) is 3.83. The number of amides is 1. The van der Waals surface area contributed by atoms with Gasteiger partial charge in [0.15, 0.2) is 0 Å². The average molecular weight is 409 g/mol. The Morgan fingerprint density at radius 3 is 2.44 bits per heavy atom. The van der Waals surface area contributed by atoms with Crippen LogP contribution >= 0.6 is 11.8 Å². The van der Waals surface area contributed by atoms with Crippen molar-refractivity contribution in [2.24, 2.45) is 0 Å². The number of thioether (sulfide) groups is 1. The van der Waals surface area contributed by atoms with Crippen molar-refractivity contribution in [3.05, 3.63) is 48.5 Å². The van der Waals surface area contributed by atoms with E-state index in [0.29, 0.717) is 23.7 Å². The molecule has 1 amide bonds. The summed E-state index contributed by atoms with van der Waals surface area (Å²) in [6.45, 7) is 3.95. The Morgan fingerprint density at radius 2 is 1.89 bits per heavy atom. The number of ether oxygens (including phenoxy) is 1. The molecular formula is C19H24N2O4S2. The fourth-order valence-electron chi connectivity index (χ4n) is 2.61. The van der Waals surface area contributed by atoms with Crippen molar-refractivity contribution in [3.8, 4) is 5.75 Å². The zero-order chi connectivity index (χ0) is 20.0. The van der Waals surface area contributed by atoms with Crippen LogP contribution < -0.4 is 14.4 Å². The number of hydrogen-bond donors (Lipinski definition) is 1. The van der Waals surface area contributed by atoms with Crippen LogP contribution in [0.4, 0.5) is 11.4 Å². The van der Waals surface area contributed by atoms with Crippen LogP contribution in [0.3, 0.4) is 0 Å². The Labute approximate surface area is 165 Å². The van der Waals surface area contributed by atoms with Crippen molar-refractivity contribution in [2.75, 3.05) is 28.7 Å². The predicted octanol–water partition coefficient (Wildman–Crippen LogP) is 3.60. The number of hydrogen-bond acceptors (Lipinski definition) is 5. The zero-order valence-corrected chi connectivity index (χ0v) is 17.4. The van der Waals surface area contributed by atoms with Crippen molar-refractivity contribution in [1.29, 1.82) is 0 Å². The van der Waals surface area contributed by atoms with Crippen molar-refractivity contribution in [1.82, 2.24) is 0 Å². The van der Waals surface area contributed by atoms with E-state index in [1.54, 1.807) is 49.0 Å². The summed E-state index contributed by atoms with van der Waals surface area (Å²) in [6.07, 6.45) is 3.03. The van der Waals surface area contributed by atoms with Gasteiger partial charge in [-0.2, -0.15) is 0 Å². The van der Waals surface area contributed by atoms with Gasteiger partial charge in [-0.3, -0.25) is 9.10 Å². The van der Waals surface area contributed by atoms with Gasteiger partial charge in [-0.15, -0.1) is 11.8 Å². The van der Waals surface area contributed by atoms with Crippen LogP contribution in [0.15, 0.2) is 53.4 Å². The molecule has 0 aromatic heterocycles. The molecule has 2 rings (SSSR count). The van der Waals surface area contributed by atoms with Crippen LogP contribution in [-0.4, -0.2) is 39.5 Å². The van der Waals surface area contributed by atoms with Gasteiger partial charge in [0.05, 0.1) is 18.6 Å². The SMILES string of the molecule is CCOc1ccc(N([C@H](C)C(=O)Nc2cccc(SC)c2)S(C)(=O)=O)cc1. The van der Waals surface area contributed by atoms with Crippen LogP contribution in [0.25, 0.3) is 0 Å². The molecule has 146 valence electrons. The van der Waals surface area contributed by atoms with Crippen LogP contribution in [-0.2, 0) is 14.8 Å². The number of rotatable bonds is 8. The van der Waals surface area contributed by atoms with Crippen LogP contribution in [0.1, 0.15) is 13.8 Å². The van der Waals surface area contributed by atoms with E-state index in [0.717, 1.165) is 15.5 Å². The van der Waals surface area contributed by atoms with Gasteiger partial charge < -0.3 is 10.1 Å². The Kier molecular flexibility index (Phi) is 7.15. The number of sulfonamides is 1. The molecule has 0 unspecified atom stereocenters. The van der Waals surface area contributed by atoms with Gasteiger partial charge >= 0.3 is 0 Å². The zero-order valence-electron chi connectivity index (χ0n) is 15.8. The molecule has 8 heteroatoms. The summed E-state index contributed by atoms with van der Waals surface area (Å²) in [7, 11) is -3.66. The summed E-state index contributed by atoms with van der Waals surface area (Å²) in [5, 5.41) is 2.79. The molecule has 0 bridgehead atoms. The fourth-order valence-corrected chi connectivity index (χ4v) is 4.25. The van der Waals surface area contributed by atoms with Gasteiger partial charge in [0, 0.05) is 10.6 Å². The highest BCUT2D eigenvalue weighted by molar-refractivity contribution is 7.98. The summed E-state index contributed by atoms with van der Waals surface area (Å²) < 4.78 is 31.2. The topological polar surface area (TPSA) is 75.7 Å². The van der Waals surface area contributed by atoms with Crippen LogP contribution in [0.5, 0.6) is 5.75 Å². The smallest absolute Gasteiger partial charge is 0.247 e. The summed E-state index contributed by atoms with van der Waals surface area (Å²) in [5.74, 6) is 0.230. The maximum Gasteiger partial charge on any atom is 0.247 e. The summed E-state index contributed by atoms with van der Waals surface area (Å²) >= 11 is 1.56. The average Bonchev–Trinajstić information content (AvgIpc) is 2.62. The van der Waals surface area contributed by atoms with Gasteiger partial charge in [-0.25, -0.2) is 8.42 Å². The first-order valence-electron chi connectivity index (χ1n) is 8.43. The van der Waals surface area contributed by atoms with E-state index < -0.39 is 22.0 Å². The molecule has 0 aliphatic rings. The Balaban J connectivity index is 2.26. The van der Waals surface area contributed by atoms with Gasteiger partial charge in [-0.05, 0) is 62.6 Å². The molecular weight excluding hydrogens is 384 g/mol. The highest BCUT2D eigenvalue weighted by atomic mass is 32.2. The second kappa shape index (κ2) is 9.14. The number of benzene rings is 2. The Morgan fingerprint density at radius 1 is 1.22 bits per heavy atom. The van der Waals surface area contributed by atoms with Gasteiger partial charge in [0.25, 0.3) is 0 Å². The lowest BCUT2D eigenvalue weighted by atomic mass is 10.2. The molecule has 1 N–H and O–H groups in total. The molecule has 2 aromatic rings. The molecule has 6 nitrogen and oxygen atoms in total. The van der Waals surface area contributed by atoms with Crippen molar-refractivity contribution < 1.29 is 17.9 Å². The molecule has 0 aliphatic carbocycles. The monoisotopic (exact) mass is 408 g/mol. The minimum absolute atomic E-state index is 0.404. The van der Waals surface area contributed by atoms with Gasteiger partial charge in [-0.1, -0.05) is 6.07 Å². The number of carbonyl (C=O) groups is 1. The van der Waals surface area contributed by atoms with Gasteiger partial charge in [0.2, 0.25) is 15.9 Å². The van der Waals surface area contributed by atoms with E-state index in [1.807, 2.05) is 31.4 Å². The lowest BCUT2D eigenvalue weighted by molar-refractivity contribution is -0.116. The molecule has 0 saturated heterocycles. The number of nitrogens with one attached hydrogen (secondary N) is 1. The van der Waals surface area contributed by atoms with E-state index >= 15 is 0 Å². The molecule has 1 atom stereocenters. The standard InChI is InChI=1S/C19H24N2O4S2/c1-5-25-17-11-9-16(10-12-17)21(27(4,23)24)14(2)19(22)20-15-7-6-8-18(13-15)26-3/h6-14H,5H2,1-4H3,(H,20,22)/t14-/m1/s1. The third-order valence-corrected chi connectivity index (χ3v) is 5.79. The van der Waals surface area contributed by atoms with Crippen LogP contribution in [0.2, 0.25) is 0 Å². The maximum atomic E-state index is 12.7. The number of anilines is 2. The normalized spacial score (nSPS) is 12.3. The molecule has 0 aliphatic heterocycles. The number of nitrogens with zero attached hydrogens (tertiary/aromatic N) is 1. The summed E-state index contributed by atoms with van der Waals surface area (Å²) in [5.41, 5.74) is 1.03. The first kappa shape index (κ1) is 21.1. The molecule has 0 fully saturated rings. The molecule has 0 radical (unpaired) electrons. The highest BCUT2D eigenvalue weighted by Crippen LogP contribution is 2.25. The second-order valence-corrected chi connectivity index (χ2v) is 8.62. The predicted molar refractivity (Wildman–Crippen MR) is 111 cm³/mol. The van der Waals surface area contributed by atoms with E-state index in [1.165, 1.54) is 0 Å². The molecule has 0 saturated carbocycles. The second-order valence-electron chi connectivity index (χ2n) is 5.88. The van der Waals surface area contributed by atoms with Crippen LogP contribution in [0, 0.1) is 0 Å². The van der Waals surface area contributed by atoms with E-state index in [-0.39, 0.29) is 0 Å². The highest BCUT2D eigenvalue weighted by Gasteiger charge is 2.29. The molecule has 0 spiro atoms. The van der Waals surface area contributed by atoms with Crippen molar-refractivity contribution in [3.63, 3.8) is 0 Å². The minimum atomic E-state index is -3.66. The minimum Gasteiger partial charge on any atom is -0.494 e. The third kappa shape index (κ3) is 5.64. The fraction of sp³-hybridized carbons (Fsp3) is 0.316. The molecule has 0 heterocycles. The summed E-state index contributed by atoms with van der Waals surface area (Å²) in [6, 6.07) is 13.1. The van der Waals surface area contributed by atoms with Crippen molar-refractivity contribution in [2.45, 2.75) is 24.8 Å². The largest absolute Gasteiger partial charge is 0.494 e. The first-order valence-corrected chi connectivity index (χ1v) is 11.5. The first-order chi connectivity index (χ1) is 12.8. The lowest BCUT2D eigenvalue weighted by Gasteiger charge is -2.28. The maximum absolute atomic E-state index is 12.7. The molecule has 2 aromatic carbocycles. The van der Waals surface area contributed by atoms with E-state index in [4.69, 9.17) is 4.74 Å². The van der Waals surface area contributed by atoms with Gasteiger partial charge in [0.1, 0.15) is 11.8 Å². The number of carbonyl (C=O) groups excluding carboxylic acids is 1. The lowest BCUT2D eigenvalue weighted by Crippen LogP contribution is -2.45. The van der Waals surface area contributed by atoms with E-state index in [2.05, 4.69) is 5.32 Å². The quantitative estimate of drug-likeness (QED) is 0.676. The van der Waals surface area contributed by atoms with E-state index in [9.17, 15) is 13.2 Å². The Bertz CT molecular complexity index is 883. The summed E-state index contributed by atoms with van der Waals surface area (Å²) in [4.78, 5) is 13.7. The Hall–Kier alpha value is -2.19. The van der Waals surface area contributed by atoms with Crippen molar-refractivity contribution >= 4 is 39.1 Å².